The van der Waals surface area contributed by atoms with Crippen LogP contribution in [0, 0.1) is 12.8 Å². The summed E-state index contributed by atoms with van der Waals surface area (Å²) in [6.07, 6.45) is 5.27. The van der Waals surface area contributed by atoms with E-state index in [0.29, 0.717) is 5.92 Å². The molecule has 0 aromatic heterocycles. The molecular weight excluding hydrogens is 360 g/mol. The van der Waals surface area contributed by atoms with Gasteiger partial charge in [-0.1, -0.05) is 36.4 Å². The first-order valence-corrected chi connectivity index (χ1v) is 11.1. The van der Waals surface area contributed by atoms with E-state index in [4.69, 9.17) is 4.74 Å². The average molecular weight is 391 g/mol. The van der Waals surface area contributed by atoms with Gasteiger partial charge in [-0.3, -0.25) is 4.90 Å². The molecule has 29 heavy (non-hydrogen) atoms. The van der Waals surface area contributed by atoms with E-state index < -0.39 is 0 Å². The van der Waals surface area contributed by atoms with Gasteiger partial charge in [-0.05, 0) is 91.9 Å². The monoisotopic (exact) mass is 390 g/mol. The molecule has 1 unspecified atom stereocenters. The van der Waals surface area contributed by atoms with E-state index in [1.54, 1.807) is 0 Å². The minimum absolute atomic E-state index is 0.0382. The highest BCUT2D eigenvalue weighted by atomic mass is 16.6. The van der Waals surface area contributed by atoms with E-state index in [1.165, 1.54) is 27.8 Å². The van der Waals surface area contributed by atoms with Gasteiger partial charge in [0.15, 0.2) is 0 Å². The fourth-order valence-electron chi connectivity index (χ4n) is 5.37. The molecule has 3 aliphatic heterocycles. The number of nitrogens with zero attached hydrogens (tertiary/aromatic N) is 1. The second kappa shape index (κ2) is 7.83. The summed E-state index contributed by atoms with van der Waals surface area (Å²) in [6.45, 7) is 5.36. The molecule has 6 rings (SSSR count). The number of carbonyl (C=O) groups is 1. The predicted molar refractivity (Wildman–Crippen MR) is 115 cm³/mol. The molecule has 3 fully saturated rings. The summed E-state index contributed by atoms with van der Waals surface area (Å²) >= 11 is 0. The van der Waals surface area contributed by atoms with Gasteiger partial charge in [0.05, 0.1) is 6.04 Å². The molecule has 2 atom stereocenters. The normalized spacial score (nSPS) is 27.9. The van der Waals surface area contributed by atoms with Gasteiger partial charge in [-0.2, -0.15) is 0 Å². The number of nitrogens with one attached hydrogen (secondary N) is 1. The topological polar surface area (TPSA) is 41.6 Å². The molecule has 2 aromatic carbocycles. The third kappa shape index (κ3) is 3.78. The molecule has 152 valence electrons. The molecule has 4 aliphatic rings. The van der Waals surface area contributed by atoms with E-state index in [1.807, 2.05) is 0 Å². The summed E-state index contributed by atoms with van der Waals surface area (Å²) in [6, 6.07) is 15.3. The largest absolute Gasteiger partial charge is 0.445 e. The summed E-state index contributed by atoms with van der Waals surface area (Å²) in [5.74, 6) is 0.539. The first-order valence-electron chi connectivity index (χ1n) is 11.1. The number of carbonyl (C=O) groups excluding carboxylic acids is 1. The highest BCUT2D eigenvalue weighted by Gasteiger charge is 2.37. The summed E-state index contributed by atoms with van der Waals surface area (Å²) < 4.78 is 5.89. The lowest BCUT2D eigenvalue weighted by Crippen LogP contribution is -2.52. The van der Waals surface area contributed by atoms with Crippen molar-refractivity contribution in [1.82, 2.24) is 10.2 Å². The second-order valence-electron chi connectivity index (χ2n) is 8.90. The number of hydrogen-bond donors (Lipinski definition) is 1. The molecule has 3 saturated heterocycles. The minimum atomic E-state index is -0.247. The predicted octanol–water partition coefficient (Wildman–Crippen LogP) is 4.86. The van der Waals surface area contributed by atoms with Crippen molar-refractivity contribution in [1.29, 1.82) is 0 Å². The van der Waals surface area contributed by atoms with Gasteiger partial charge in [-0.15, -0.1) is 0 Å². The Balaban J connectivity index is 1.33. The van der Waals surface area contributed by atoms with E-state index in [2.05, 4.69) is 59.6 Å². The molecule has 3 heterocycles. The van der Waals surface area contributed by atoms with E-state index in [0.717, 1.165) is 51.7 Å². The van der Waals surface area contributed by atoms with Crippen molar-refractivity contribution >= 4 is 6.09 Å². The van der Waals surface area contributed by atoms with Gasteiger partial charge in [0.25, 0.3) is 0 Å². The van der Waals surface area contributed by atoms with Crippen molar-refractivity contribution in [2.75, 3.05) is 19.6 Å². The van der Waals surface area contributed by atoms with Crippen LogP contribution in [-0.2, 0) is 11.2 Å². The number of piperidine rings is 3. The highest BCUT2D eigenvalue weighted by molar-refractivity contribution is 5.71. The minimum Gasteiger partial charge on any atom is -0.445 e. The third-order valence-electron chi connectivity index (χ3n) is 7.06. The fourth-order valence-corrected chi connectivity index (χ4v) is 5.37. The van der Waals surface area contributed by atoms with Gasteiger partial charge in [0, 0.05) is 6.54 Å². The highest BCUT2D eigenvalue weighted by Crippen LogP contribution is 2.35. The Morgan fingerprint density at radius 3 is 2.69 bits per heavy atom. The van der Waals surface area contributed by atoms with Crippen molar-refractivity contribution in [3.63, 3.8) is 0 Å². The summed E-state index contributed by atoms with van der Waals surface area (Å²) in [7, 11) is 0. The fraction of sp³-hybridized carbons (Fsp3) is 0.480. The van der Waals surface area contributed by atoms with Gasteiger partial charge >= 0.3 is 6.09 Å². The number of benzene rings is 2. The number of rotatable bonds is 3. The van der Waals surface area contributed by atoms with E-state index >= 15 is 0 Å². The lowest BCUT2D eigenvalue weighted by Gasteiger charge is -2.44. The number of ether oxygens (including phenoxy) is 1. The number of aryl methyl sites for hydroxylation is 2. The first kappa shape index (κ1) is 18.7. The Bertz CT molecular complexity index is 901. The van der Waals surface area contributed by atoms with Gasteiger partial charge < -0.3 is 10.1 Å². The number of amides is 1. The van der Waals surface area contributed by atoms with Crippen LogP contribution in [0.2, 0.25) is 0 Å². The first-order chi connectivity index (χ1) is 14.2. The maximum atomic E-state index is 12.7. The smallest absolute Gasteiger partial charge is 0.407 e. The summed E-state index contributed by atoms with van der Waals surface area (Å²) in [4.78, 5) is 15.1. The van der Waals surface area contributed by atoms with Crippen LogP contribution in [0.15, 0.2) is 42.5 Å². The Labute approximate surface area is 173 Å². The van der Waals surface area contributed by atoms with Crippen LogP contribution >= 0.6 is 0 Å². The van der Waals surface area contributed by atoms with Crippen LogP contribution in [0.25, 0.3) is 11.1 Å². The zero-order chi connectivity index (χ0) is 19.8. The van der Waals surface area contributed by atoms with Gasteiger partial charge in [0.2, 0.25) is 0 Å². The molecule has 0 saturated carbocycles. The molecule has 0 radical (unpaired) electrons. The van der Waals surface area contributed by atoms with E-state index in [-0.39, 0.29) is 18.2 Å². The average Bonchev–Trinajstić information content (AvgIpc) is 2.75. The van der Waals surface area contributed by atoms with Gasteiger partial charge in [-0.25, -0.2) is 4.79 Å². The SMILES string of the molecule is Cc1ccccc1-c1ccc2c(c1)C(NC(=O)O[C@@H]1CN3CCC1CC3)CCC2. The number of hydrogen-bond acceptors (Lipinski definition) is 3. The van der Waals surface area contributed by atoms with E-state index in [9.17, 15) is 4.79 Å². The van der Waals surface area contributed by atoms with Crippen molar-refractivity contribution in [2.24, 2.45) is 5.92 Å². The zero-order valence-corrected chi connectivity index (χ0v) is 17.2. The van der Waals surface area contributed by atoms with Crippen LogP contribution in [0.1, 0.15) is 48.4 Å². The van der Waals surface area contributed by atoms with Crippen LogP contribution in [0.3, 0.4) is 0 Å². The molecule has 1 N–H and O–H groups in total. The van der Waals surface area contributed by atoms with Crippen molar-refractivity contribution in [3.05, 3.63) is 59.2 Å². The molecule has 2 aromatic rings. The maximum absolute atomic E-state index is 12.7. The number of alkyl carbamates (subject to hydrolysis) is 1. The Morgan fingerprint density at radius 1 is 1.10 bits per heavy atom. The molecule has 1 aliphatic carbocycles. The lowest BCUT2D eigenvalue weighted by molar-refractivity contribution is -0.0340. The lowest BCUT2D eigenvalue weighted by atomic mass is 9.85. The standard InChI is InChI=1S/C25H30N2O2/c1-17-5-2-3-7-21(17)20-10-9-18-6-4-8-23(22(18)15-20)26-25(28)29-24-16-27-13-11-19(24)12-14-27/h2-3,5,7,9-10,15,19,23-24H,4,6,8,11-14,16H2,1H3,(H,26,28)/t23?,24-/m1/s1. The van der Waals surface area contributed by atoms with Crippen molar-refractivity contribution < 1.29 is 9.53 Å². The Hall–Kier alpha value is -2.33. The Kier molecular flexibility index (Phi) is 5.04. The van der Waals surface area contributed by atoms with Crippen molar-refractivity contribution in [3.8, 4) is 11.1 Å². The third-order valence-corrected chi connectivity index (χ3v) is 7.06. The van der Waals surface area contributed by atoms with Crippen LogP contribution in [0.5, 0.6) is 0 Å². The Morgan fingerprint density at radius 2 is 1.93 bits per heavy atom. The summed E-state index contributed by atoms with van der Waals surface area (Å²) in [5.41, 5.74) is 6.36. The maximum Gasteiger partial charge on any atom is 0.407 e. The molecule has 4 heteroatoms. The molecular formula is C25H30N2O2. The van der Waals surface area contributed by atoms with Crippen molar-refractivity contribution in [2.45, 2.75) is 51.2 Å². The molecule has 0 spiro atoms. The molecule has 1 amide bonds. The van der Waals surface area contributed by atoms with Gasteiger partial charge in [0.1, 0.15) is 6.10 Å². The number of fused-ring (bicyclic) bond motifs is 4. The molecule has 2 bridgehead atoms. The quantitative estimate of drug-likeness (QED) is 0.814. The van der Waals surface area contributed by atoms with Crippen LogP contribution in [0.4, 0.5) is 4.79 Å². The van der Waals surface area contributed by atoms with Crippen LogP contribution in [-0.4, -0.2) is 36.7 Å². The van der Waals surface area contributed by atoms with Crippen LogP contribution < -0.4 is 5.32 Å². The zero-order valence-electron chi connectivity index (χ0n) is 17.2. The summed E-state index contributed by atoms with van der Waals surface area (Å²) in [5, 5.41) is 3.20. The molecule has 4 nitrogen and oxygen atoms in total. The second-order valence-corrected chi connectivity index (χ2v) is 8.90.